The minimum absolute atomic E-state index is 0.222. The van der Waals surface area contributed by atoms with Crippen molar-refractivity contribution >= 4 is 17.8 Å². The number of aryl methyl sites for hydroxylation is 2. The standard InChI is InChI=1S/C37H48N4O5/c1-25(2)34(41-20-12-19-38-37(41)45)36(44)39-30(21-28-15-7-5-8-16-28)23-32(42)31(22-29-17-9-6-10-18-29)40-33(43)24-46-35-26(3)13-11-14-27(35)4/h5-11,13-18,25,30-32,34,42H,12,19-24H2,1-4H3,(H,38,45)(H,39,44)(H,40,43)/t30-,31-,32-,34-/m0/s1/i21D2. The number of carbonyl (C=O) groups excluding carboxylic acids is 3. The molecule has 1 aliphatic rings. The van der Waals surface area contributed by atoms with Crippen molar-refractivity contribution in [3.8, 4) is 5.75 Å². The predicted octanol–water partition coefficient (Wildman–Crippen LogP) is 4.33. The lowest BCUT2D eigenvalue weighted by molar-refractivity contribution is -0.128. The summed E-state index contributed by atoms with van der Waals surface area (Å²) in [6, 6.07) is 20.3. The largest absolute Gasteiger partial charge is 0.483 e. The van der Waals surface area contributed by atoms with Gasteiger partial charge in [-0.25, -0.2) is 4.79 Å². The molecule has 4 rings (SSSR count). The normalized spacial score (nSPS) is 16.7. The van der Waals surface area contributed by atoms with E-state index < -0.39 is 42.4 Å². The van der Waals surface area contributed by atoms with Crippen LogP contribution < -0.4 is 20.7 Å². The molecule has 1 fully saturated rings. The molecular formula is C37H48N4O5. The Balaban J connectivity index is 1.60. The van der Waals surface area contributed by atoms with Crippen molar-refractivity contribution in [2.45, 2.75) is 77.6 Å². The monoisotopic (exact) mass is 630 g/mol. The minimum Gasteiger partial charge on any atom is -0.483 e. The number of nitrogens with one attached hydrogen (secondary N) is 3. The van der Waals surface area contributed by atoms with Crippen LogP contribution in [-0.2, 0) is 22.4 Å². The molecule has 246 valence electrons. The Morgan fingerprint density at radius 3 is 2.20 bits per heavy atom. The van der Waals surface area contributed by atoms with Gasteiger partial charge in [0.15, 0.2) is 6.61 Å². The zero-order valence-electron chi connectivity index (χ0n) is 29.2. The molecule has 0 aliphatic carbocycles. The lowest BCUT2D eigenvalue weighted by Crippen LogP contribution is -2.59. The maximum absolute atomic E-state index is 13.9. The lowest BCUT2D eigenvalue weighted by atomic mass is 9.92. The highest BCUT2D eigenvalue weighted by atomic mass is 16.5. The molecule has 0 unspecified atom stereocenters. The molecule has 46 heavy (non-hydrogen) atoms. The fraction of sp³-hybridized carbons (Fsp3) is 0.432. The van der Waals surface area contributed by atoms with Crippen LogP contribution in [0.4, 0.5) is 4.79 Å². The Morgan fingerprint density at radius 1 is 0.957 bits per heavy atom. The summed E-state index contributed by atoms with van der Waals surface area (Å²) in [5.74, 6) is -0.595. The van der Waals surface area contributed by atoms with Gasteiger partial charge in [0.2, 0.25) is 5.91 Å². The van der Waals surface area contributed by atoms with E-state index >= 15 is 0 Å². The quantitative estimate of drug-likeness (QED) is 0.199. The molecule has 9 heteroatoms. The van der Waals surface area contributed by atoms with Crippen LogP contribution in [0.15, 0.2) is 78.9 Å². The van der Waals surface area contributed by atoms with Gasteiger partial charge in [-0.1, -0.05) is 92.7 Å². The second-order valence-corrected chi connectivity index (χ2v) is 12.2. The highest BCUT2D eigenvalue weighted by Gasteiger charge is 2.35. The number of urea groups is 1. The second-order valence-electron chi connectivity index (χ2n) is 12.2. The van der Waals surface area contributed by atoms with Crippen molar-refractivity contribution in [3.63, 3.8) is 0 Å². The number of nitrogens with zero attached hydrogens (tertiary/aromatic N) is 1. The van der Waals surface area contributed by atoms with Crippen molar-refractivity contribution in [2.24, 2.45) is 5.92 Å². The molecule has 4 N–H and O–H groups in total. The van der Waals surface area contributed by atoms with Gasteiger partial charge in [-0.15, -0.1) is 0 Å². The highest BCUT2D eigenvalue weighted by molar-refractivity contribution is 5.87. The van der Waals surface area contributed by atoms with E-state index in [-0.39, 0.29) is 31.4 Å². The van der Waals surface area contributed by atoms with E-state index in [1.807, 2.05) is 76.2 Å². The van der Waals surface area contributed by atoms with Gasteiger partial charge < -0.3 is 30.7 Å². The van der Waals surface area contributed by atoms with Crippen LogP contribution in [0.2, 0.25) is 0 Å². The number of ether oxygens (including phenoxy) is 1. The first-order valence-electron chi connectivity index (χ1n) is 17.0. The molecular weight excluding hydrogens is 580 g/mol. The molecule has 4 atom stereocenters. The smallest absolute Gasteiger partial charge is 0.318 e. The number of rotatable bonds is 15. The molecule has 1 saturated heterocycles. The third kappa shape index (κ3) is 9.81. The van der Waals surface area contributed by atoms with E-state index in [4.69, 9.17) is 4.74 Å². The van der Waals surface area contributed by atoms with Crippen LogP contribution in [-0.4, -0.2) is 71.8 Å². The Morgan fingerprint density at radius 2 is 1.59 bits per heavy atom. The number of aliphatic hydroxyl groups is 1. The molecule has 3 aromatic rings. The number of hydrogen-bond acceptors (Lipinski definition) is 5. The van der Waals surface area contributed by atoms with E-state index in [1.165, 1.54) is 4.90 Å². The van der Waals surface area contributed by atoms with Gasteiger partial charge in [-0.05, 0) is 67.7 Å². The van der Waals surface area contributed by atoms with Crippen molar-refractivity contribution < 1.29 is 27.0 Å². The second kappa shape index (κ2) is 16.8. The minimum atomic E-state index is -2.11. The van der Waals surface area contributed by atoms with Gasteiger partial charge in [0, 0.05) is 21.9 Å². The molecule has 1 aliphatic heterocycles. The molecule has 3 aromatic carbocycles. The SMILES string of the molecule is [2H]C([2H])(c1ccccc1)[C@@H](C[C@H](O)[C@H](Cc1ccccc1)NC(=O)COc1c(C)cccc1C)NC(=O)[C@H](C(C)C)N1CCCNC1=O. The average molecular weight is 631 g/mol. The number of benzene rings is 3. The maximum Gasteiger partial charge on any atom is 0.318 e. The summed E-state index contributed by atoms with van der Waals surface area (Å²) in [6.07, 6.45) is -2.66. The van der Waals surface area contributed by atoms with E-state index in [9.17, 15) is 22.2 Å². The van der Waals surface area contributed by atoms with Gasteiger partial charge in [-0.3, -0.25) is 9.59 Å². The molecule has 0 saturated carbocycles. The Labute approximate surface area is 275 Å². The van der Waals surface area contributed by atoms with Gasteiger partial charge in [-0.2, -0.15) is 0 Å². The zero-order chi connectivity index (χ0) is 34.8. The summed E-state index contributed by atoms with van der Waals surface area (Å²) in [7, 11) is 0. The fourth-order valence-electron chi connectivity index (χ4n) is 5.83. The molecule has 4 amide bonds. The van der Waals surface area contributed by atoms with Crippen LogP contribution in [0, 0.1) is 19.8 Å². The van der Waals surface area contributed by atoms with Gasteiger partial charge >= 0.3 is 6.03 Å². The Kier molecular flexibility index (Phi) is 11.5. The number of aliphatic hydroxyl groups excluding tert-OH is 1. The van der Waals surface area contributed by atoms with Crippen LogP contribution in [0.5, 0.6) is 5.75 Å². The molecule has 0 radical (unpaired) electrons. The number of carbonyl (C=O) groups is 3. The molecule has 1 heterocycles. The average Bonchev–Trinajstić information content (AvgIpc) is 3.05. The van der Waals surface area contributed by atoms with Crippen LogP contribution in [0.25, 0.3) is 0 Å². The molecule has 0 bridgehead atoms. The van der Waals surface area contributed by atoms with Crippen molar-refractivity contribution in [1.29, 1.82) is 0 Å². The van der Waals surface area contributed by atoms with E-state index in [1.54, 1.807) is 30.3 Å². The van der Waals surface area contributed by atoms with E-state index in [0.717, 1.165) is 16.7 Å². The topological polar surface area (TPSA) is 120 Å². The van der Waals surface area contributed by atoms with E-state index in [2.05, 4.69) is 16.0 Å². The van der Waals surface area contributed by atoms with Crippen molar-refractivity contribution in [1.82, 2.24) is 20.9 Å². The first-order chi connectivity index (χ1) is 22.9. The van der Waals surface area contributed by atoms with Crippen molar-refractivity contribution in [2.75, 3.05) is 19.7 Å². The van der Waals surface area contributed by atoms with Crippen molar-refractivity contribution in [3.05, 3.63) is 101 Å². The summed E-state index contributed by atoms with van der Waals surface area (Å²) in [4.78, 5) is 41.4. The molecule has 0 aromatic heterocycles. The number of amides is 4. The third-order valence-corrected chi connectivity index (χ3v) is 8.12. The third-order valence-electron chi connectivity index (χ3n) is 8.12. The lowest BCUT2D eigenvalue weighted by Gasteiger charge is -2.37. The fourth-order valence-corrected chi connectivity index (χ4v) is 5.83. The van der Waals surface area contributed by atoms with Gasteiger partial charge in [0.25, 0.3) is 5.91 Å². The van der Waals surface area contributed by atoms with E-state index in [0.29, 0.717) is 30.8 Å². The Hall–Kier alpha value is -4.37. The van der Waals surface area contributed by atoms with Crippen LogP contribution >= 0.6 is 0 Å². The first kappa shape index (κ1) is 31.6. The zero-order valence-corrected chi connectivity index (χ0v) is 27.2. The summed E-state index contributed by atoms with van der Waals surface area (Å²) in [5.41, 5.74) is 2.98. The van der Waals surface area contributed by atoms with Crippen LogP contribution in [0.3, 0.4) is 0 Å². The number of para-hydroxylation sites is 1. The maximum atomic E-state index is 13.9. The van der Waals surface area contributed by atoms with Gasteiger partial charge in [0.1, 0.15) is 11.8 Å². The highest BCUT2D eigenvalue weighted by Crippen LogP contribution is 2.22. The molecule has 0 spiro atoms. The van der Waals surface area contributed by atoms with Crippen LogP contribution in [0.1, 0.15) is 51.7 Å². The number of hydrogen-bond donors (Lipinski definition) is 4. The van der Waals surface area contributed by atoms with Gasteiger partial charge in [0.05, 0.1) is 12.1 Å². The summed E-state index contributed by atoms with van der Waals surface area (Å²) >= 11 is 0. The summed E-state index contributed by atoms with van der Waals surface area (Å²) in [5, 5.41) is 20.4. The molecule has 9 nitrogen and oxygen atoms in total. The first-order valence-corrected chi connectivity index (χ1v) is 16.0. The Bertz CT molecular complexity index is 1500. The predicted molar refractivity (Wildman–Crippen MR) is 180 cm³/mol. The summed E-state index contributed by atoms with van der Waals surface area (Å²) < 4.78 is 24.3. The summed E-state index contributed by atoms with van der Waals surface area (Å²) in [6.45, 7) is 8.13.